The van der Waals surface area contributed by atoms with E-state index in [-0.39, 0.29) is 11.6 Å². The number of rotatable bonds is 5. The standard InChI is InChI=1S/C18H17F3N2O4S/c1-11-8-16(13-4-2-3-5-14(13)19)22(10-11)15-7-6-12(9-17(15)23(24)25)28(26,27)18(20)21/h2-7,9,11,16,18H,8,10H2,1H3. The average molecular weight is 414 g/mol. The lowest BCUT2D eigenvalue weighted by atomic mass is 10.00. The van der Waals surface area contributed by atoms with E-state index in [9.17, 15) is 31.7 Å². The summed E-state index contributed by atoms with van der Waals surface area (Å²) in [5.74, 6) is -4.05. The fourth-order valence-corrected chi connectivity index (χ4v) is 4.26. The minimum atomic E-state index is -4.97. The van der Waals surface area contributed by atoms with Gasteiger partial charge in [0.2, 0.25) is 9.84 Å². The molecular weight excluding hydrogens is 397 g/mol. The van der Waals surface area contributed by atoms with E-state index in [2.05, 4.69) is 0 Å². The highest BCUT2D eigenvalue weighted by Gasteiger charge is 2.37. The van der Waals surface area contributed by atoms with Crippen molar-refractivity contribution in [2.45, 2.75) is 30.0 Å². The number of halogens is 3. The van der Waals surface area contributed by atoms with Gasteiger partial charge in [-0.1, -0.05) is 25.1 Å². The Labute approximate surface area is 159 Å². The predicted molar refractivity (Wildman–Crippen MR) is 96.6 cm³/mol. The highest BCUT2D eigenvalue weighted by molar-refractivity contribution is 7.91. The molecule has 10 heteroatoms. The van der Waals surface area contributed by atoms with Crippen molar-refractivity contribution >= 4 is 21.2 Å². The second-order valence-electron chi connectivity index (χ2n) is 6.74. The first kappa shape index (κ1) is 20.1. The van der Waals surface area contributed by atoms with E-state index in [1.807, 2.05) is 6.92 Å². The van der Waals surface area contributed by atoms with E-state index in [0.717, 1.165) is 12.1 Å². The lowest BCUT2D eigenvalue weighted by molar-refractivity contribution is -0.384. The van der Waals surface area contributed by atoms with Crippen LogP contribution in [0.3, 0.4) is 0 Å². The normalized spacial score (nSPS) is 20.0. The van der Waals surface area contributed by atoms with Crippen LogP contribution in [0.25, 0.3) is 0 Å². The van der Waals surface area contributed by atoms with Gasteiger partial charge in [0.15, 0.2) is 0 Å². The van der Waals surface area contributed by atoms with Crippen LogP contribution in [-0.2, 0) is 9.84 Å². The van der Waals surface area contributed by atoms with Crippen LogP contribution in [0.2, 0.25) is 0 Å². The van der Waals surface area contributed by atoms with Crippen molar-refractivity contribution in [1.29, 1.82) is 0 Å². The first-order valence-electron chi connectivity index (χ1n) is 8.44. The summed E-state index contributed by atoms with van der Waals surface area (Å²) in [7, 11) is -4.97. The highest BCUT2D eigenvalue weighted by Crippen LogP contribution is 2.43. The summed E-state index contributed by atoms with van der Waals surface area (Å²) in [5.41, 5.74) is -0.182. The summed E-state index contributed by atoms with van der Waals surface area (Å²) < 4.78 is 63.3. The third kappa shape index (κ3) is 3.56. The second kappa shape index (κ2) is 7.42. The molecule has 0 bridgehead atoms. The van der Waals surface area contributed by atoms with Crippen LogP contribution in [0.4, 0.5) is 24.5 Å². The maximum absolute atomic E-state index is 14.3. The highest BCUT2D eigenvalue weighted by atomic mass is 32.2. The van der Waals surface area contributed by atoms with Crippen LogP contribution >= 0.6 is 0 Å². The second-order valence-corrected chi connectivity index (χ2v) is 8.66. The van der Waals surface area contributed by atoms with E-state index in [1.54, 1.807) is 17.0 Å². The van der Waals surface area contributed by atoms with Gasteiger partial charge in [-0.05, 0) is 30.5 Å². The number of nitrogens with zero attached hydrogens (tertiary/aromatic N) is 2. The van der Waals surface area contributed by atoms with E-state index in [0.29, 0.717) is 24.6 Å². The van der Waals surface area contributed by atoms with Crippen LogP contribution < -0.4 is 4.90 Å². The van der Waals surface area contributed by atoms with Crippen molar-refractivity contribution in [2.24, 2.45) is 5.92 Å². The van der Waals surface area contributed by atoms with E-state index in [4.69, 9.17) is 0 Å². The van der Waals surface area contributed by atoms with Crippen molar-refractivity contribution in [3.63, 3.8) is 0 Å². The van der Waals surface area contributed by atoms with Gasteiger partial charge >= 0.3 is 5.76 Å². The number of hydrogen-bond acceptors (Lipinski definition) is 5. The van der Waals surface area contributed by atoms with Gasteiger partial charge in [-0.25, -0.2) is 12.8 Å². The Morgan fingerprint density at radius 1 is 1.21 bits per heavy atom. The molecule has 6 nitrogen and oxygen atoms in total. The minimum Gasteiger partial charge on any atom is -0.359 e. The fraction of sp³-hybridized carbons (Fsp3) is 0.333. The number of sulfone groups is 1. The molecule has 1 aliphatic heterocycles. The van der Waals surface area contributed by atoms with Crippen LogP contribution in [0.1, 0.15) is 24.9 Å². The van der Waals surface area contributed by atoms with Crippen LogP contribution in [0.15, 0.2) is 47.4 Å². The molecule has 0 saturated carbocycles. The largest absolute Gasteiger partial charge is 0.359 e. The molecule has 2 aromatic carbocycles. The van der Waals surface area contributed by atoms with Crippen molar-refractivity contribution < 1.29 is 26.5 Å². The van der Waals surface area contributed by atoms with E-state index < -0.39 is 43.0 Å². The van der Waals surface area contributed by atoms with Gasteiger partial charge in [0, 0.05) is 18.2 Å². The zero-order valence-electron chi connectivity index (χ0n) is 14.8. The molecule has 150 valence electrons. The first-order valence-corrected chi connectivity index (χ1v) is 9.99. The number of hydrogen-bond donors (Lipinski definition) is 0. The van der Waals surface area contributed by atoms with E-state index in [1.165, 1.54) is 12.1 Å². The molecule has 1 saturated heterocycles. The monoisotopic (exact) mass is 414 g/mol. The Kier molecular flexibility index (Phi) is 5.33. The van der Waals surface area contributed by atoms with Gasteiger partial charge in [-0.2, -0.15) is 8.78 Å². The van der Waals surface area contributed by atoms with Gasteiger partial charge in [0.25, 0.3) is 5.69 Å². The third-order valence-corrected chi connectivity index (χ3v) is 6.17. The van der Waals surface area contributed by atoms with Crippen LogP contribution in [0, 0.1) is 21.8 Å². The predicted octanol–water partition coefficient (Wildman–Crippen LogP) is 4.32. The Hall–Kier alpha value is -2.62. The molecule has 1 aliphatic rings. The summed E-state index contributed by atoms with van der Waals surface area (Å²) in [6.07, 6.45) is 0.537. The van der Waals surface area contributed by atoms with Crippen LogP contribution in [0.5, 0.6) is 0 Å². The van der Waals surface area contributed by atoms with Crippen molar-refractivity contribution in [3.8, 4) is 0 Å². The molecule has 2 aromatic rings. The summed E-state index contributed by atoms with van der Waals surface area (Å²) in [5, 5.41) is 11.5. The Bertz CT molecular complexity index is 1010. The van der Waals surface area contributed by atoms with Gasteiger partial charge in [-0.3, -0.25) is 10.1 Å². The Morgan fingerprint density at radius 3 is 2.50 bits per heavy atom. The first-order chi connectivity index (χ1) is 13.1. The van der Waals surface area contributed by atoms with Crippen molar-refractivity contribution in [3.05, 3.63) is 64.0 Å². The minimum absolute atomic E-state index is 0.0656. The maximum atomic E-state index is 14.3. The SMILES string of the molecule is CC1CC(c2ccccc2F)N(c2ccc(S(=O)(=O)C(F)F)cc2[N+](=O)[O-])C1. The van der Waals surface area contributed by atoms with Crippen molar-refractivity contribution in [2.75, 3.05) is 11.4 Å². The van der Waals surface area contributed by atoms with E-state index >= 15 is 0 Å². The lowest BCUT2D eigenvalue weighted by Gasteiger charge is -2.27. The summed E-state index contributed by atoms with van der Waals surface area (Å²) in [6, 6.07) is 8.28. The lowest BCUT2D eigenvalue weighted by Crippen LogP contribution is -2.25. The molecule has 0 radical (unpaired) electrons. The number of alkyl halides is 2. The molecule has 0 N–H and O–H groups in total. The Balaban J connectivity index is 2.11. The molecule has 0 aliphatic carbocycles. The molecule has 3 rings (SSSR count). The number of benzene rings is 2. The number of anilines is 1. The fourth-order valence-electron chi connectivity index (χ4n) is 3.52. The molecule has 0 spiro atoms. The maximum Gasteiger partial charge on any atom is 0.341 e. The Morgan fingerprint density at radius 2 is 1.89 bits per heavy atom. The molecule has 28 heavy (non-hydrogen) atoms. The molecule has 1 fully saturated rings. The molecule has 0 amide bonds. The summed E-state index contributed by atoms with van der Waals surface area (Å²) in [4.78, 5) is 11.5. The molecule has 1 heterocycles. The molecule has 2 unspecified atom stereocenters. The van der Waals surface area contributed by atoms with Gasteiger partial charge < -0.3 is 4.90 Å². The number of nitro groups is 1. The molecular formula is C18H17F3N2O4S. The smallest absolute Gasteiger partial charge is 0.341 e. The third-order valence-electron chi connectivity index (χ3n) is 4.79. The quantitative estimate of drug-likeness (QED) is 0.538. The van der Waals surface area contributed by atoms with Crippen molar-refractivity contribution in [1.82, 2.24) is 0 Å². The zero-order chi connectivity index (χ0) is 20.6. The zero-order valence-corrected chi connectivity index (χ0v) is 15.6. The summed E-state index contributed by atoms with van der Waals surface area (Å²) in [6.45, 7) is 2.29. The summed E-state index contributed by atoms with van der Waals surface area (Å²) >= 11 is 0. The topological polar surface area (TPSA) is 80.5 Å². The number of nitro benzene ring substituents is 1. The average Bonchev–Trinajstić information content (AvgIpc) is 3.02. The molecule has 0 aromatic heterocycles. The van der Waals surface area contributed by atoms with Gasteiger partial charge in [0.1, 0.15) is 11.5 Å². The van der Waals surface area contributed by atoms with Gasteiger partial charge in [0.05, 0.1) is 15.9 Å². The molecule has 2 atom stereocenters. The van der Waals surface area contributed by atoms with Crippen LogP contribution in [-0.4, -0.2) is 25.6 Å². The van der Waals surface area contributed by atoms with Gasteiger partial charge in [-0.15, -0.1) is 0 Å².